The van der Waals surface area contributed by atoms with E-state index in [4.69, 9.17) is 5.11 Å². The molecule has 0 spiro atoms. The van der Waals surface area contributed by atoms with E-state index in [1.165, 1.54) is 0 Å². The quantitative estimate of drug-likeness (QED) is 0.629. The molecule has 0 aliphatic rings. The minimum absolute atomic E-state index is 0.237. The predicted molar refractivity (Wildman–Crippen MR) is 65.2 cm³/mol. The van der Waals surface area contributed by atoms with Gasteiger partial charge in [0.05, 0.1) is 0 Å². The van der Waals surface area contributed by atoms with E-state index in [2.05, 4.69) is 10.2 Å². The highest BCUT2D eigenvalue weighted by molar-refractivity contribution is 7.99. The number of fused-ring (bicyclic) bond motifs is 1. The maximum atomic E-state index is 10.3. The van der Waals surface area contributed by atoms with Gasteiger partial charge in [-0.05, 0) is 25.0 Å². The number of carbonyl (C=O) groups is 1. The maximum Gasteiger partial charge on any atom is 0.303 e. The number of carboxylic acid groups (broad SMARTS) is 1. The molecular formula is C11H13N3O2S. The molecule has 0 aliphatic carbocycles. The van der Waals surface area contributed by atoms with Gasteiger partial charge in [-0.25, -0.2) is 0 Å². The molecule has 1 N–H and O–H groups in total. The van der Waals surface area contributed by atoms with Crippen molar-refractivity contribution in [3.63, 3.8) is 0 Å². The Morgan fingerprint density at radius 2 is 2.24 bits per heavy atom. The van der Waals surface area contributed by atoms with Crippen molar-refractivity contribution in [2.75, 3.05) is 5.75 Å². The number of aromatic nitrogens is 3. The van der Waals surface area contributed by atoms with Gasteiger partial charge in [-0.15, -0.1) is 10.2 Å². The molecule has 2 rings (SSSR count). The number of carboxylic acids is 1. The predicted octanol–water partition coefficient (Wildman–Crippen LogP) is 2.08. The molecule has 0 unspecified atom stereocenters. The molecule has 0 amide bonds. The molecule has 2 aromatic rings. The van der Waals surface area contributed by atoms with Gasteiger partial charge in [0.2, 0.25) is 0 Å². The van der Waals surface area contributed by atoms with Gasteiger partial charge in [-0.1, -0.05) is 17.8 Å². The Morgan fingerprint density at radius 3 is 3.06 bits per heavy atom. The lowest BCUT2D eigenvalue weighted by Crippen LogP contribution is -1.94. The van der Waals surface area contributed by atoms with Gasteiger partial charge in [-0.2, -0.15) is 0 Å². The first kappa shape index (κ1) is 11.9. The molecule has 0 fully saturated rings. The van der Waals surface area contributed by atoms with Gasteiger partial charge < -0.3 is 5.11 Å². The Hall–Kier alpha value is -1.56. The van der Waals surface area contributed by atoms with Crippen molar-refractivity contribution >= 4 is 23.4 Å². The second-order valence-corrected chi connectivity index (χ2v) is 4.67. The second-order valence-electron chi connectivity index (χ2n) is 3.61. The second kappa shape index (κ2) is 5.67. The zero-order valence-corrected chi connectivity index (χ0v) is 10.1. The van der Waals surface area contributed by atoms with Crippen LogP contribution in [-0.2, 0) is 4.79 Å². The SMILES string of the molecule is O=C(O)CCCCSc1nnc2ccccn12. The third kappa shape index (κ3) is 3.20. The molecule has 0 bridgehead atoms. The van der Waals surface area contributed by atoms with E-state index in [9.17, 15) is 4.79 Å². The van der Waals surface area contributed by atoms with Crippen LogP contribution < -0.4 is 0 Å². The van der Waals surface area contributed by atoms with Crippen LogP contribution in [0.2, 0.25) is 0 Å². The Kier molecular flexibility index (Phi) is 3.98. The number of aliphatic carboxylic acids is 1. The van der Waals surface area contributed by atoms with E-state index < -0.39 is 5.97 Å². The number of hydrogen-bond acceptors (Lipinski definition) is 4. The standard InChI is InChI=1S/C11H13N3O2S/c15-10(16)6-2-4-8-17-11-13-12-9-5-1-3-7-14(9)11/h1,3,5,7H,2,4,6,8H2,(H,15,16). The smallest absolute Gasteiger partial charge is 0.303 e. The molecule has 6 heteroatoms. The first-order chi connectivity index (χ1) is 8.27. The van der Waals surface area contributed by atoms with Gasteiger partial charge in [0.15, 0.2) is 10.8 Å². The van der Waals surface area contributed by atoms with Crippen LogP contribution in [0.5, 0.6) is 0 Å². The highest BCUT2D eigenvalue weighted by atomic mass is 32.2. The molecule has 0 radical (unpaired) electrons. The monoisotopic (exact) mass is 251 g/mol. The Morgan fingerprint density at radius 1 is 1.35 bits per heavy atom. The molecule has 0 aliphatic heterocycles. The fraction of sp³-hybridized carbons (Fsp3) is 0.364. The molecule has 5 nitrogen and oxygen atoms in total. The van der Waals surface area contributed by atoms with E-state index in [1.807, 2.05) is 28.8 Å². The van der Waals surface area contributed by atoms with Crippen LogP contribution in [0.15, 0.2) is 29.6 Å². The van der Waals surface area contributed by atoms with E-state index in [1.54, 1.807) is 11.8 Å². The van der Waals surface area contributed by atoms with Gasteiger partial charge in [0.25, 0.3) is 0 Å². The van der Waals surface area contributed by atoms with Gasteiger partial charge >= 0.3 is 5.97 Å². The van der Waals surface area contributed by atoms with Gasteiger partial charge in [0.1, 0.15) is 0 Å². The number of hydrogen-bond donors (Lipinski definition) is 1. The van der Waals surface area contributed by atoms with Gasteiger partial charge in [-0.3, -0.25) is 9.20 Å². The topological polar surface area (TPSA) is 67.5 Å². The average Bonchev–Trinajstić information content (AvgIpc) is 2.72. The van der Waals surface area contributed by atoms with E-state index in [0.29, 0.717) is 6.42 Å². The summed E-state index contributed by atoms with van der Waals surface area (Å²) < 4.78 is 1.93. The van der Waals surface area contributed by atoms with E-state index in [0.717, 1.165) is 23.0 Å². The summed E-state index contributed by atoms with van der Waals surface area (Å²) in [4.78, 5) is 10.3. The number of pyridine rings is 1. The summed E-state index contributed by atoms with van der Waals surface area (Å²) in [6.45, 7) is 0. The Labute approximate surface area is 103 Å². The Bertz CT molecular complexity index is 512. The van der Waals surface area contributed by atoms with Crippen molar-refractivity contribution < 1.29 is 9.90 Å². The van der Waals surface area contributed by atoms with E-state index in [-0.39, 0.29) is 6.42 Å². The highest BCUT2D eigenvalue weighted by Crippen LogP contribution is 2.18. The number of unbranched alkanes of at least 4 members (excludes halogenated alkanes) is 1. The largest absolute Gasteiger partial charge is 0.481 e. The fourth-order valence-corrected chi connectivity index (χ4v) is 2.38. The lowest BCUT2D eigenvalue weighted by molar-refractivity contribution is -0.137. The van der Waals surface area contributed by atoms with Crippen molar-refractivity contribution in [3.8, 4) is 0 Å². The van der Waals surface area contributed by atoms with E-state index >= 15 is 0 Å². The van der Waals surface area contributed by atoms with Crippen molar-refractivity contribution in [2.45, 2.75) is 24.4 Å². The zero-order chi connectivity index (χ0) is 12.1. The van der Waals surface area contributed by atoms with Crippen LogP contribution in [-0.4, -0.2) is 31.4 Å². The van der Waals surface area contributed by atoms with Gasteiger partial charge in [0, 0.05) is 18.4 Å². The van der Waals surface area contributed by atoms with Crippen LogP contribution in [0.4, 0.5) is 0 Å². The summed E-state index contributed by atoms with van der Waals surface area (Å²) in [7, 11) is 0. The summed E-state index contributed by atoms with van der Waals surface area (Å²) in [5.74, 6) is 0.131. The van der Waals surface area contributed by atoms with Crippen LogP contribution in [0, 0.1) is 0 Å². The minimum atomic E-state index is -0.733. The minimum Gasteiger partial charge on any atom is -0.481 e. The maximum absolute atomic E-state index is 10.3. The van der Waals surface area contributed by atoms with Crippen LogP contribution in [0.25, 0.3) is 5.65 Å². The molecule has 0 atom stereocenters. The summed E-state index contributed by atoms with van der Waals surface area (Å²) in [6, 6.07) is 5.76. The highest BCUT2D eigenvalue weighted by Gasteiger charge is 2.04. The number of rotatable bonds is 6. The molecule has 2 aromatic heterocycles. The third-order valence-corrected chi connectivity index (χ3v) is 3.33. The fourth-order valence-electron chi connectivity index (χ4n) is 1.46. The van der Waals surface area contributed by atoms with Crippen molar-refractivity contribution in [2.24, 2.45) is 0 Å². The molecule has 2 heterocycles. The lowest BCUT2D eigenvalue weighted by atomic mass is 10.3. The number of thioether (sulfide) groups is 1. The lowest BCUT2D eigenvalue weighted by Gasteiger charge is -1.99. The molecule has 0 saturated carbocycles. The van der Waals surface area contributed by atoms with Crippen LogP contribution >= 0.6 is 11.8 Å². The van der Waals surface area contributed by atoms with Crippen LogP contribution in [0.3, 0.4) is 0 Å². The Balaban J connectivity index is 1.85. The summed E-state index contributed by atoms with van der Waals surface area (Å²) in [6.07, 6.45) is 3.74. The first-order valence-corrected chi connectivity index (χ1v) is 6.40. The first-order valence-electron chi connectivity index (χ1n) is 5.42. The number of nitrogens with zero attached hydrogens (tertiary/aromatic N) is 3. The summed E-state index contributed by atoms with van der Waals surface area (Å²) in [5.41, 5.74) is 0.834. The van der Waals surface area contributed by atoms with Crippen molar-refractivity contribution in [1.82, 2.24) is 14.6 Å². The summed E-state index contributed by atoms with van der Waals surface area (Å²) >= 11 is 1.60. The molecule has 90 valence electrons. The molecule has 0 saturated heterocycles. The third-order valence-electron chi connectivity index (χ3n) is 2.30. The van der Waals surface area contributed by atoms with Crippen LogP contribution in [0.1, 0.15) is 19.3 Å². The molecule has 0 aromatic carbocycles. The zero-order valence-electron chi connectivity index (χ0n) is 9.24. The van der Waals surface area contributed by atoms with Crippen molar-refractivity contribution in [1.29, 1.82) is 0 Å². The summed E-state index contributed by atoms with van der Waals surface area (Å²) in [5, 5.41) is 17.5. The molecule has 17 heavy (non-hydrogen) atoms. The normalized spacial score (nSPS) is 10.8. The van der Waals surface area contributed by atoms with Crippen molar-refractivity contribution in [3.05, 3.63) is 24.4 Å². The molecular weight excluding hydrogens is 238 g/mol. The average molecular weight is 251 g/mol.